The molecule has 0 radical (unpaired) electrons. The van der Waals surface area contributed by atoms with Crippen LogP contribution in [0.1, 0.15) is 19.3 Å². The number of aromatic nitrogens is 2. The van der Waals surface area contributed by atoms with Crippen LogP contribution < -0.4 is 10.6 Å². The van der Waals surface area contributed by atoms with E-state index >= 15 is 0 Å². The van der Waals surface area contributed by atoms with Gasteiger partial charge in [0.15, 0.2) is 0 Å². The van der Waals surface area contributed by atoms with E-state index in [1.165, 1.54) is 19.3 Å². The molecular weight excluding hydrogens is 226 g/mol. The molecule has 0 unspecified atom stereocenters. The lowest BCUT2D eigenvalue weighted by Gasteiger charge is -2.44. The molecule has 2 fully saturated rings. The highest BCUT2D eigenvalue weighted by atomic mass is 15.3. The second-order valence-corrected chi connectivity index (χ2v) is 5.53. The van der Waals surface area contributed by atoms with Crippen molar-refractivity contribution in [2.75, 3.05) is 37.6 Å². The number of nitrogens with zero attached hydrogens (tertiary/aromatic N) is 4. The standard InChI is InChI=1S/C13H21N5/c14-13(3-1-4-13)11-17-7-9-18(10-8-17)12-15-5-2-6-16-12/h2,5-6H,1,3-4,7-11,14H2. The molecule has 2 heterocycles. The zero-order valence-electron chi connectivity index (χ0n) is 10.8. The SMILES string of the molecule is NC1(CN2CCN(c3ncccn3)CC2)CCC1. The summed E-state index contributed by atoms with van der Waals surface area (Å²) in [7, 11) is 0. The molecule has 1 aromatic heterocycles. The Hall–Kier alpha value is -1.20. The first-order valence-corrected chi connectivity index (χ1v) is 6.78. The van der Waals surface area contributed by atoms with E-state index in [0.29, 0.717) is 0 Å². The molecule has 0 atom stereocenters. The fraction of sp³-hybridized carbons (Fsp3) is 0.692. The van der Waals surface area contributed by atoms with E-state index in [0.717, 1.165) is 38.7 Å². The third-order valence-electron chi connectivity index (χ3n) is 4.10. The molecule has 18 heavy (non-hydrogen) atoms. The summed E-state index contributed by atoms with van der Waals surface area (Å²) < 4.78 is 0. The first-order valence-electron chi connectivity index (χ1n) is 6.78. The lowest BCUT2D eigenvalue weighted by atomic mass is 9.77. The molecule has 2 aliphatic rings. The largest absolute Gasteiger partial charge is 0.338 e. The molecule has 5 heteroatoms. The van der Waals surface area contributed by atoms with Gasteiger partial charge in [-0.25, -0.2) is 9.97 Å². The van der Waals surface area contributed by atoms with Gasteiger partial charge in [-0.15, -0.1) is 0 Å². The van der Waals surface area contributed by atoms with Gasteiger partial charge in [0.25, 0.3) is 0 Å². The number of piperazine rings is 1. The number of rotatable bonds is 3. The van der Waals surface area contributed by atoms with Crippen LogP contribution in [-0.4, -0.2) is 53.1 Å². The molecule has 5 nitrogen and oxygen atoms in total. The van der Waals surface area contributed by atoms with Crippen LogP contribution in [0, 0.1) is 0 Å². The van der Waals surface area contributed by atoms with Crippen molar-refractivity contribution in [3.63, 3.8) is 0 Å². The van der Waals surface area contributed by atoms with Gasteiger partial charge in [-0.1, -0.05) is 0 Å². The minimum absolute atomic E-state index is 0.103. The Morgan fingerprint density at radius 1 is 1.11 bits per heavy atom. The second-order valence-electron chi connectivity index (χ2n) is 5.53. The van der Waals surface area contributed by atoms with E-state index in [2.05, 4.69) is 19.8 Å². The van der Waals surface area contributed by atoms with Crippen molar-refractivity contribution in [1.82, 2.24) is 14.9 Å². The fourth-order valence-electron chi connectivity index (χ4n) is 2.79. The first kappa shape index (κ1) is 11.9. The van der Waals surface area contributed by atoms with Crippen molar-refractivity contribution in [3.8, 4) is 0 Å². The predicted octanol–water partition coefficient (Wildman–Crippen LogP) is 0.480. The molecule has 1 saturated carbocycles. The molecular formula is C13H21N5. The van der Waals surface area contributed by atoms with Gasteiger partial charge in [-0.2, -0.15) is 0 Å². The smallest absolute Gasteiger partial charge is 0.225 e. The predicted molar refractivity (Wildman–Crippen MR) is 71.5 cm³/mol. The summed E-state index contributed by atoms with van der Waals surface area (Å²) in [4.78, 5) is 13.3. The van der Waals surface area contributed by atoms with Gasteiger partial charge in [-0.3, -0.25) is 4.90 Å². The molecule has 1 aliphatic carbocycles. The average Bonchev–Trinajstić information content (AvgIpc) is 2.39. The molecule has 0 bridgehead atoms. The summed E-state index contributed by atoms with van der Waals surface area (Å²) in [6.45, 7) is 5.19. The van der Waals surface area contributed by atoms with E-state index in [1.807, 2.05) is 6.07 Å². The van der Waals surface area contributed by atoms with Crippen LogP contribution in [0.25, 0.3) is 0 Å². The molecule has 1 aliphatic heterocycles. The highest BCUT2D eigenvalue weighted by Gasteiger charge is 2.35. The van der Waals surface area contributed by atoms with Crippen LogP contribution in [0.3, 0.4) is 0 Å². The Morgan fingerprint density at radius 2 is 1.78 bits per heavy atom. The van der Waals surface area contributed by atoms with Gasteiger partial charge in [0.2, 0.25) is 5.95 Å². The van der Waals surface area contributed by atoms with Crippen LogP contribution in [0.2, 0.25) is 0 Å². The van der Waals surface area contributed by atoms with E-state index in [4.69, 9.17) is 5.73 Å². The van der Waals surface area contributed by atoms with Crippen LogP contribution in [0.5, 0.6) is 0 Å². The lowest BCUT2D eigenvalue weighted by molar-refractivity contribution is 0.139. The van der Waals surface area contributed by atoms with Gasteiger partial charge in [0, 0.05) is 50.7 Å². The van der Waals surface area contributed by atoms with Crippen LogP contribution in [0.4, 0.5) is 5.95 Å². The van der Waals surface area contributed by atoms with E-state index < -0.39 is 0 Å². The van der Waals surface area contributed by atoms with Gasteiger partial charge >= 0.3 is 0 Å². The quantitative estimate of drug-likeness (QED) is 0.842. The highest BCUT2D eigenvalue weighted by Crippen LogP contribution is 2.30. The third-order valence-corrected chi connectivity index (χ3v) is 4.10. The van der Waals surface area contributed by atoms with E-state index in [9.17, 15) is 0 Å². The van der Waals surface area contributed by atoms with Crippen molar-refractivity contribution in [3.05, 3.63) is 18.5 Å². The van der Waals surface area contributed by atoms with Gasteiger partial charge in [0.05, 0.1) is 0 Å². The number of anilines is 1. The average molecular weight is 247 g/mol. The molecule has 1 aromatic rings. The zero-order valence-corrected chi connectivity index (χ0v) is 10.8. The molecule has 98 valence electrons. The summed E-state index contributed by atoms with van der Waals surface area (Å²) in [6.07, 6.45) is 7.29. The van der Waals surface area contributed by atoms with Crippen molar-refractivity contribution >= 4 is 5.95 Å². The summed E-state index contributed by atoms with van der Waals surface area (Å²) in [5.74, 6) is 0.850. The Balaban J connectivity index is 1.52. The number of hydrogen-bond donors (Lipinski definition) is 1. The minimum Gasteiger partial charge on any atom is -0.338 e. The fourth-order valence-corrected chi connectivity index (χ4v) is 2.79. The number of hydrogen-bond acceptors (Lipinski definition) is 5. The monoisotopic (exact) mass is 247 g/mol. The molecule has 2 N–H and O–H groups in total. The van der Waals surface area contributed by atoms with Crippen LogP contribution in [0.15, 0.2) is 18.5 Å². The van der Waals surface area contributed by atoms with Gasteiger partial charge < -0.3 is 10.6 Å². The molecule has 0 aromatic carbocycles. The normalized spacial score (nSPS) is 23.7. The van der Waals surface area contributed by atoms with Crippen LogP contribution >= 0.6 is 0 Å². The summed E-state index contributed by atoms with van der Waals surface area (Å²) in [6, 6.07) is 1.86. The Kier molecular flexibility index (Phi) is 3.18. The summed E-state index contributed by atoms with van der Waals surface area (Å²) in [5.41, 5.74) is 6.40. The maximum absolute atomic E-state index is 6.30. The Bertz CT molecular complexity index is 382. The maximum Gasteiger partial charge on any atom is 0.225 e. The molecule has 0 amide bonds. The van der Waals surface area contributed by atoms with E-state index in [1.54, 1.807) is 12.4 Å². The minimum atomic E-state index is 0.103. The lowest BCUT2D eigenvalue weighted by Crippen LogP contribution is -2.58. The zero-order chi connectivity index (χ0) is 12.4. The van der Waals surface area contributed by atoms with Crippen molar-refractivity contribution in [2.24, 2.45) is 5.73 Å². The summed E-state index contributed by atoms with van der Waals surface area (Å²) in [5, 5.41) is 0. The first-order chi connectivity index (χ1) is 8.75. The Labute approximate surface area is 108 Å². The van der Waals surface area contributed by atoms with Crippen molar-refractivity contribution in [1.29, 1.82) is 0 Å². The number of nitrogens with two attached hydrogens (primary N) is 1. The van der Waals surface area contributed by atoms with Gasteiger partial charge in [0.1, 0.15) is 0 Å². The van der Waals surface area contributed by atoms with E-state index in [-0.39, 0.29) is 5.54 Å². The molecule has 3 rings (SSSR count). The van der Waals surface area contributed by atoms with Crippen molar-refractivity contribution < 1.29 is 0 Å². The molecule has 1 saturated heterocycles. The Morgan fingerprint density at radius 3 is 2.33 bits per heavy atom. The topological polar surface area (TPSA) is 58.3 Å². The van der Waals surface area contributed by atoms with Crippen LogP contribution in [-0.2, 0) is 0 Å². The molecule has 0 spiro atoms. The van der Waals surface area contributed by atoms with Crippen molar-refractivity contribution in [2.45, 2.75) is 24.8 Å². The maximum atomic E-state index is 6.30. The summed E-state index contributed by atoms with van der Waals surface area (Å²) >= 11 is 0. The highest BCUT2D eigenvalue weighted by molar-refractivity contribution is 5.29. The second kappa shape index (κ2) is 4.82. The van der Waals surface area contributed by atoms with Gasteiger partial charge in [-0.05, 0) is 25.3 Å². The third kappa shape index (κ3) is 2.47.